The maximum atomic E-state index is 11.5. The number of ether oxygens (including phenoxy) is 1. The third-order valence-electron chi connectivity index (χ3n) is 3.25. The Morgan fingerprint density at radius 3 is 2.65 bits per heavy atom. The number of aryl methyl sites for hydroxylation is 2. The molecule has 0 heterocycles. The predicted octanol–water partition coefficient (Wildman–Crippen LogP) is 3.35. The summed E-state index contributed by atoms with van der Waals surface area (Å²) in [6.07, 6.45) is 2.59. The molecule has 0 aromatic heterocycles. The molecule has 0 bridgehead atoms. The first-order valence-electron chi connectivity index (χ1n) is 6.65. The molecule has 2 aromatic carbocycles. The largest absolute Gasteiger partial charge is 0.508 e. The maximum Gasteiger partial charge on any atom is 0.337 e. The molecule has 0 radical (unpaired) electrons. The molecule has 20 heavy (non-hydrogen) atoms. The summed E-state index contributed by atoms with van der Waals surface area (Å²) in [5, 5.41) is 9.70. The first-order chi connectivity index (χ1) is 9.70. The number of benzene rings is 2. The molecule has 104 valence electrons. The molecule has 0 amide bonds. The van der Waals surface area contributed by atoms with Gasteiger partial charge in [-0.3, -0.25) is 0 Å². The van der Waals surface area contributed by atoms with Gasteiger partial charge in [0, 0.05) is 0 Å². The van der Waals surface area contributed by atoms with Gasteiger partial charge in [-0.05, 0) is 48.6 Å². The molecular weight excluding hydrogens is 252 g/mol. The first kappa shape index (κ1) is 14.1. The van der Waals surface area contributed by atoms with Gasteiger partial charge in [-0.1, -0.05) is 30.3 Å². The van der Waals surface area contributed by atoms with Crippen LogP contribution in [0.4, 0.5) is 0 Å². The number of carbonyl (C=O) groups is 1. The molecule has 0 saturated carbocycles. The molecule has 0 aliphatic heterocycles. The van der Waals surface area contributed by atoms with Crippen LogP contribution in [0, 0.1) is 0 Å². The van der Waals surface area contributed by atoms with E-state index in [2.05, 4.69) is 0 Å². The normalized spacial score (nSPS) is 10.2. The topological polar surface area (TPSA) is 46.5 Å². The molecule has 1 N–H and O–H groups in total. The summed E-state index contributed by atoms with van der Waals surface area (Å²) >= 11 is 0. The van der Waals surface area contributed by atoms with E-state index in [4.69, 9.17) is 4.74 Å². The minimum absolute atomic E-state index is 0.312. The maximum absolute atomic E-state index is 11.5. The summed E-state index contributed by atoms with van der Waals surface area (Å²) in [6.45, 7) is 0. The predicted molar refractivity (Wildman–Crippen MR) is 77.9 cm³/mol. The summed E-state index contributed by atoms with van der Waals surface area (Å²) < 4.78 is 4.71. The minimum Gasteiger partial charge on any atom is -0.508 e. The van der Waals surface area contributed by atoms with Crippen molar-refractivity contribution in [1.29, 1.82) is 0 Å². The molecule has 2 rings (SSSR count). The van der Waals surface area contributed by atoms with Crippen molar-refractivity contribution in [3.8, 4) is 5.75 Å². The van der Waals surface area contributed by atoms with Crippen molar-refractivity contribution < 1.29 is 14.6 Å². The van der Waals surface area contributed by atoms with Gasteiger partial charge in [0.15, 0.2) is 0 Å². The average molecular weight is 270 g/mol. The van der Waals surface area contributed by atoms with Gasteiger partial charge in [-0.25, -0.2) is 4.79 Å². The van der Waals surface area contributed by atoms with Gasteiger partial charge in [-0.15, -0.1) is 0 Å². The van der Waals surface area contributed by atoms with Crippen molar-refractivity contribution in [2.45, 2.75) is 19.3 Å². The fourth-order valence-electron chi connectivity index (χ4n) is 2.18. The third kappa shape index (κ3) is 3.60. The third-order valence-corrected chi connectivity index (χ3v) is 3.25. The van der Waals surface area contributed by atoms with Gasteiger partial charge < -0.3 is 9.84 Å². The Bertz CT molecular complexity index is 590. The van der Waals surface area contributed by atoms with Crippen LogP contribution in [0.3, 0.4) is 0 Å². The first-order valence-corrected chi connectivity index (χ1v) is 6.65. The standard InChI is InChI=1S/C17H18O3/c1-20-17(19)15-10-5-7-13(12-15)6-4-9-14-8-2-3-11-16(14)18/h2-3,5,7-8,10-12,18H,4,6,9H2,1H3. The Kier molecular flexibility index (Phi) is 4.77. The SMILES string of the molecule is COC(=O)c1cccc(CCCc2ccccc2O)c1. The number of aromatic hydroxyl groups is 1. The van der Waals surface area contributed by atoms with Crippen LogP contribution in [0.25, 0.3) is 0 Å². The number of carbonyl (C=O) groups excluding carboxylic acids is 1. The molecule has 3 heteroatoms. The van der Waals surface area contributed by atoms with Gasteiger partial charge in [0.25, 0.3) is 0 Å². The zero-order chi connectivity index (χ0) is 14.4. The molecule has 0 spiro atoms. The van der Waals surface area contributed by atoms with Crippen molar-refractivity contribution >= 4 is 5.97 Å². The van der Waals surface area contributed by atoms with E-state index in [-0.39, 0.29) is 5.97 Å². The highest BCUT2D eigenvalue weighted by molar-refractivity contribution is 5.89. The molecule has 0 unspecified atom stereocenters. The van der Waals surface area contributed by atoms with Crippen LogP contribution in [0.2, 0.25) is 0 Å². The highest BCUT2D eigenvalue weighted by Crippen LogP contribution is 2.18. The quantitative estimate of drug-likeness (QED) is 0.847. The van der Waals surface area contributed by atoms with Crippen molar-refractivity contribution in [2.24, 2.45) is 0 Å². The molecular formula is C17H18O3. The van der Waals surface area contributed by atoms with Crippen molar-refractivity contribution in [2.75, 3.05) is 7.11 Å². The molecule has 0 saturated heterocycles. The highest BCUT2D eigenvalue weighted by Gasteiger charge is 2.06. The van der Waals surface area contributed by atoms with Crippen LogP contribution in [-0.2, 0) is 17.6 Å². The van der Waals surface area contributed by atoms with Crippen LogP contribution in [0.5, 0.6) is 5.75 Å². The zero-order valence-electron chi connectivity index (χ0n) is 11.5. The Morgan fingerprint density at radius 2 is 1.90 bits per heavy atom. The number of esters is 1. The van der Waals surface area contributed by atoms with E-state index < -0.39 is 0 Å². The van der Waals surface area contributed by atoms with E-state index in [1.54, 1.807) is 12.1 Å². The fraction of sp³-hybridized carbons (Fsp3) is 0.235. The number of rotatable bonds is 5. The second-order valence-electron chi connectivity index (χ2n) is 4.67. The second kappa shape index (κ2) is 6.75. The van der Waals surface area contributed by atoms with Gasteiger partial charge in [0.2, 0.25) is 0 Å². The number of para-hydroxylation sites is 1. The summed E-state index contributed by atoms with van der Waals surface area (Å²) in [7, 11) is 1.38. The van der Waals surface area contributed by atoms with Crippen LogP contribution in [0.15, 0.2) is 48.5 Å². The number of phenolic OH excluding ortho intramolecular Hbond substituents is 1. The molecule has 2 aromatic rings. The summed E-state index contributed by atoms with van der Waals surface area (Å²) in [5.74, 6) is 0.0309. The molecule has 0 fully saturated rings. The van der Waals surface area contributed by atoms with Crippen LogP contribution in [-0.4, -0.2) is 18.2 Å². The van der Waals surface area contributed by atoms with E-state index in [0.29, 0.717) is 11.3 Å². The van der Waals surface area contributed by atoms with Crippen molar-refractivity contribution in [3.63, 3.8) is 0 Å². The van der Waals surface area contributed by atoms with Crippen molar-refractivity contribution in [3.05, 3.63) is 65.2 Å². The van der Waals surface area contributed by atoms with Gasteiger partial charge >= 0.3 is 5.97 Å². The Hall–Kier alpha value is -2.29. The van der Waals surface area contributed by atoms with Crippen LogP contribution >= 0.6 is 0 Å². The lowest BCUT2D eigenvalue weighted by atomic mass is 10.0. The highest BCUT2D eigenvalue weighted by atomic mass is 16.5. The summed E-state index contributed by atoms with van der Waals surface area (Å²) in [5.41, 5.74) is 2.63. The average Bonchev–Trinajstić information content (AvgIpc) is 2.49. The van der Waals surface area contributed by atoms with Crippen LogP contribution in [0.1, 0.15) is 27.9 Å². The van der Waals surface area contributed by atoms with E-state index >= 15 is 0 Å². The molecule has 3 nitrogen and oxygen atoms in total. The smallest absolute Gasteiger partial charge is 0.337 e. The number of phenols is 1. The van der Waals surface area contributed by atoms with Crippen LogP contribution < -0.4 is 0 Å². The Morgan fingerprint density at radius 1 is 1.10 bits per heavy atom. The molecule has 0 aliphatic carbocycles. The van der Waals surface area contributed by atoms with Gasteiger partial charge in [-0.2, -0.15) is 0 Å². The van der Waals surface area contributed by atoms with E-state index in [1.165, 1.54) is 7.11 Å². The second-order valence-corrected chi connectivity index (χ2v) is 4.67. The summed E-state index contributed by atoms with van der Waals surface area (Å²) in [4.78, 5) is 11.5. The zero-order valence-corrected chi connectivity index (χ0v) is 11.5. The number of methoxy groups -OCH3 is 1. The molecule has 0 atom stereocenters. The Labute approximate surface area is 118 Å². The van der Waals surface area contributed by atoms with E-state index in [0.717, 1.165) is 30.4 Å². The number of hydrogen-bond donors (Lipinski definition) is 1. The Balaban J connectivity index is 1.94. The minimum atomic E-state index is -0.312. The van der Waals surface area contributed by atoms with Gasteiger partial charge in [0.1, 0.15) is 5.75 Å². The van der Waals surface area contributed by atoms with E-state index in [1.807, 2.05) is 36.4 Å². The monoisotopic (exact) mass is 270 g/mol. The lowest BCUT2D eigenvalue weighted by Crippen LogP contribution is -2.01. The lowest BCUT2D eigenvalue weighted by molar-refractivity contribution is 0.0600. The van der Waals surface area contributed by atoms with E-state index in [9.17, 15) is 9.90 Å². The fourth-order valence-corrected chi connectivity index (χ4v) is 2.18. The molecule has 0 aliphatic rings. The summed E-state index contributed by atoms with van der Waals surface area (Å²) in [6, 6.07) is 14.8. The van der Waals surface area contributed by atoms with Crippen molar-refractivity contribution in [1.82, 2.24) is 0 Å². The van der Waals surface area contributed by atoms with Gasteiger partial charge in [0.05, 0.1) is 12.7 Å². The number of hydrogen-bond acceptors (Lipinski definition) is 3. The lowest BCUT2D eigenvalue weighted by Gasteiger charge is -2.06.